The molecule has 1 aromatic heterocycles. The van der Waals surface area contributed by atoms with Crippen molar-refractivity contribution in [1.29, 1.82) is 0 Å². The Bertz CT molecular complexity index is 433. The highest BCUT2D eigenvalue weighted by Gasteiger charge is 2.23. The van der Waals surface area contributed by atoms with Crippen molar-refractivity contribution in [2.24, 2.45) is 0 Å². The molecule has 1 aromatic rings. The molecule has 0 aliphatic heterocycles. The number of carbonyl (C=O) groups excluding carboxylic acids is 1. The number of carboxylic acid groups (broad SMARTS) is 1. The average Bonchev–Trinajstić information content (AvgIpc) is 2.35. The molecule has 0 aliphatic carbocycles. The van der Waals surface area contributed by atoms with E-state index in [0.29, 0.717) is 6.42 Å². The summed E-state index contributed by atoms with van der Waals surface area (Å²) in [6.07, 6.45) is 2.21. The van der Waals surface area contributed by atoms with Crippen molar-refractivity contribution in [3.63, 3.8) is 0 Å². The molecule has 0 radical (unpaired) electrons. The summed E-state index contributed by atoms with van der Waals surface area (Å²) < 4.78 is 0.771. The molecule has 1 amide bonds. The van der Waals surface area contributed by atoms with Crippen LogP contribution in [0.2, 0.25) is 0 Å². The van der Waals surface area contributed by atoms with Gasteiger partial charge in [-0.3, -0.25) is 9.59 Å². The number of carboxylic acids is 1. The molecule has 5 nitrogen and oxygen atoms in total. The summed E-state index contributed by atoms with van der Waals surface area (Å²) >= 11 is 3.23. The Morgan fingerprint density at radius 3 is 2.61 bits per heavy atom. The van der Waals surface area contributed by atoms with Gasteiger partial charge in [0, 0.05) is 16.7 Å². The van der Waals surface area contributed by atoms with Crippen LogP contribution >= 0.6 is 15.9 Å². The predicted octanol–water partition coefficient (Wildman–Crippen LogP) is 2.17. The third-order valence-corrected chi connectivity index (χ3v) is 3.10. The van der Waals surface area contributed by atoms with E-state index < -0.39 is 5.97 Å². The summed E-state index contributed by atoms with van der Waals surface area (Å²) in [6, 6.07) is 3.14. The van der Waals surface area contributed by atoms with Crippen molar-refractivity contribution >= 4 is 27.8 Å². The number of carbonyl (C=O) groups is 2. The molecule has 98 valence electrons. The maximum Gasteiger partial charge on any atom is 0.323 e. The number of amides is 1. The Kier molecular flexibility index (Phi) is 5.27. The molecule has 0 saturated carbocycles. The standard InChI is InChI=1S/C12H15BrN2O3/c1-3-8(2)15(7-11(16)17)12(18)10-5-4-9(13)6-14-10/h4-6,8H,3,7H2,1-2H3,(H,16,17). The fourth-order valence-corrected chi connectivity index (χ4v) is 1.68. The highest BCUT2D eigenvalue weighted by Crippen LogP contribution is 2.12. The minimum absolute atomic E-state index is 0.140. The molecule has 0 aliphatic rings. The summed E-state index contributed by atoms with van der Waals surface area (Å²) in [7, 11) is 0. The Morgan fingerprint density at radius 1 is 1.50 bits per heavy atom. The van der Waals surface area contributed by atoms with Gasteiger partial charge in [0.2, 0.25) is 0 Å². The minimum Gasteiger partial charge on any atom is -0.480 e. The molecule has 0 fully saturated rings. The lowest BCUT2D eigenvalue weighted by molar-refractivity contribution is -0.138. The SMILES string of the molecule is CCC(C)N(CC(=O)O)C(=O)c1ccc(Br)cn1. The largest absolute Gasteiger partial charge is 0.480 e. The summed E-state index contributed by atoms with van der Waals surface area (Å²) in [5.74, 6) is -1.39. The van der Waals surface area contributed by atoms with Crippen molar-refractivity contribution in [1.82, 2.24) is 9.88 Å². The zero-order valence-electron chi connectivity index (χ0n) is 10.3. The lowest BCUT2D eigenvalue weighted by atomic mass is 10.2. The zero-order chi connectivity index (χ0) is 13.7. The van der Waals surface area contributed by atoms with Crippen LogP contribution in [0.3, 0.4) is 0 Å². The lowest BCUT2D eigenvalue weighted by Gasteiger charge is -2.26. The number of aliphatic carboxylic acids is 1. The van der Waals surface area contributed by atoms with Crippen LogP contribution in [-0.4, -0.2) is 39.5 Å². The van der Waals surface area contributed by atoms with E-state index >= 15 is 0 Å². The fraction of sp³-hybridized carbons (Fsp3) is 0.417. The molecule has 18 heavy (non-hydrogen) atoms. The van der Waals surface area contributed by atoms with Gasteiger partial charge in [-0.15, -0.1) is 0 Å². The van der Waals surface area contributed by atoms with E-state index in [2.05, 4.69) is 20.9 Å². The molecule has 0 bridgehead atoms. The van der Waals surface area contributed by atoms with Gasteiger partial charge < -0.3 is 10.0 Å². The van der Waals surface area contributed by atoms with Crippen molar-refractivity contribution in [2.45, 2.75) is 26.3 Å². The van der Waals surface area contributed by atoms with Gasteiger partial charge in [0.05, 0.1) is 0 Å². The molecule has 1 atom stereocenters. The third kappa shape index (κ3) is 3.80. The van der Waals surface area contributed by atoms with Crippen LogP contribution < -0.4 is 0 Å². The smallest absolute Gasteiger partial charge is 0.323 e. The molecule has 1 N–H and O–H groups in total. The van der Waals surface area contributed by atoms with E-state index in [0.717, 1.165) is 4.47 Å². The van der Waals surface area contributed by atoms with E-state index in [-0.39, 0.29) is 24.2 Å². The number of hydrogen-bond donors (Lipinski definition) is 1. The number of rotatable bonds is 5. The number of nitrogens with zero attached hydrogens (tertiary/aromatic N) is 2. The summed E-state index contributed by atoms with van der Waals surface area (Å²) in [4.78, 5) is 28.3. The van der Waals surface area contributed by atoms with E-state index in [1.54, 1.807) is 12.1 Å². The quantitative estimate of drug-likeness (QED) is 0.904. The summed E-state index contributed by atoms with van der Waals surface area (Å²) in [6.45, 7) is 3.41. The average molecular weight is 315 g/mol. The second-order valence-electron chi connectivity index (χ2n) is 3.95. The van der Waals surface area contributed by atoms with Gasteiger partial charge in [-0.25, -0.2) is 4.98 Å². The van der Waals surface area contributed by atoms with E-state index in [1.165, 1.54) is 11.1 Å². The van der Waals surface area contributed by atoms with Crippen LogP contribution in [-0.2, 0) is 4.79 Å². The highest BCUT2D eigenvalue weighted by atomic mass is 79.9. The van der Waals surface area contributed by atoms with E-state index in [9.17, 15) is 9.59 Å². The Balaban J connectivity index is 2.94. The zero-order valence-corrected chi connectivity index (χ0v) is 11.8. The van der Waals surface area contributed by atoms with Gasteiger partial charge >= 0.3 is 5.97 Å². The normalized spacial score (nSPS) is 11.9. The number of pyridine rings is 1. The lowest BCUT2D eigenvalue weighted by Crippen LogP contribution is -2.42. The molecular weight excluding hydrogens is 300 g/mol. The van der Waals surface area contributed by atoms with Crippen molar-refractivity contribution < 1.29 is 14.7 Å². The number of halogens is 1. The summed E-state index contributed by atoms with van der Waals surface area (Å²) in [5.41, 5.74) is 0.250. The third-order valence-electron chi connectivity index (χ3n) is 2.64. The van der Waals surface area contributed by atoms with Crippen molar-refractivity contribution in [3.8, 4) is 0 Å². The molecule has 6 heteroatoms. The van der Waals surface area contributed by atoms with Gasteiger partial charge in [0.1, 0.15) is 12.2 Å². The monoisotopic (exact) mass is 314 g/mol. The molecule has 1 unspecified atom stereocenters. The first kappa shape index (κ1) is 14.6. The van der Waals surface area contributed by atoms with Crippen molar-refractivity contribution in [2.75, 3.05) is 6.54 Å². The van der Waals surface area contributed by atoms with Crippen LogP contribution in [0, 0.1) is 0 Å². The predicted molar refractivity (Wildman–Crippen MR) is 70.4 cm³/mol. The second-order valence-corrected chi connectivity index (χ2v) is 4.86. The molecule has 0 aromatic carbocycles. The van der Waals surface area contributed by atoms with E-state index in [4.69, 9.17) is 5.11 Å². The van der Waals surface area contributed by atoms with Gasteiger partial charge in [0.25, 0.3) is 5.91 Å². The Morgan fingerprint density at radius 2 is 2.17 bits per heavy atom. The van der Waals surface area contributed by atoms with Crippen LogP contribution in [0.15, 0.2) is 22.8 Å². The molecule has 1 rings (SSSR count). The first-order valence-electron chi connectivity index (χ1n) is 5.60. The second kappa shape index (κ2) is 6.49. The Labute approximate surface area is 114 Å². The van der Waals surface area contributed by atoms with Gasteiger partial charge in [-0.2, -0.15) is 0 Å². The topological polar surface area (TPSA) is 70.5 Å². The molecule has 1 heterocycles. The molecule has 0 saturated heterocycles. The maximum atomic E-state index is 12.2. The van der Waals surface area contributed by atoms with Gasteiger partial charge in [-0.1, -0.05) is 6.92 Å². The van der Waals surface area contributed by atoms with Crippen LogP contribution in [0.5, 0.6) is 0 Å². The minimum atomic E-state index is -1.03. The molecular formula is C12H15BrN2O3. The van der Waals surface area contributed by atoms with Gasteiger partial charge in [-0.05, 0) is 41.4 Å². The first-order valence-corrected chi connectivity index (χ1v) is 6.39. The van der Waals surface area contributed by atoms with Gasteiger partial charge in [0.15, 0.2) is 0 Å². The molecule has 0 spiro atoms. The maximum absolute atomic E-state index is 12.2. The van der Waals surface area contributed by atoms with Crippen LogP contribution in [0.1, 0.15) is 30.8 Å². The number of aromatic nitrogens is 1. The first-order chi connectivity index (χ1) is 8.45. The summed E-state index contributed by atoms with van der Waals surface area (Å²) in [5, 5.41) is 8.85. The Hall–Kier alpha value is -1.43. The van der Waals surface area contributed by atoms with E-state index in [1.807, 2.05) is 13.8 Å². The van der Waals surface area contributed by atoms with Crippen LogP contribution in [0.4, 0.5) is 0 Å². The fourth-order valence-electron chi connectivity index (χ4n) is 1.44. The van der Waals surface area contributed by atoms with Crippen LogP contribution in [0.25, 0.3) is 0 Å². The highest BCUT2D eigenvalue weighted by molar-refractivity contribution is 9.10. The van der Waals surface area contributed by atoms with Crippen molar-refractivity contribution in [3.05, 3.63) is 28.5 Å². The number of hydrogen-bond acceptors (Lipinski definition) is 3.